The van der Waals surface area contributed by atoms with Gasteiger partial charge in [-0.1, -0.05) is 19.1 Å². The molecule has 1 aliphatic carbocycles. The molecule has 0 N–H and O–H groups in total. The highest BCUT2D eigenvalue weighted by Crippen LogP contribution is 2.25. The normalized spacial score (nSPS) is 25.1. The van der Waals surface area contributed by atoms with E-state index in [2.05, 4.69) is 6.92 Å². The van der Waals surface area contributed by atoms with E-state index in [1.807, 2.05) is 0 Å². The van der Waals surface area contributed by atoms with Crippen LogP contribution in [0.1, 0.15) is 34.0 Å². The summed E-state index contributed by atoms with van der Waals surface area (Å²) in [5.74, 6) is 0.897. The number of allylic oxidation sites excluding steroid dienone is 1. The summed E-state index contributed by atoms with van der Waals surface area (Å²) in [4.78, 5) is 0. The van der Waals surface area contributed by atoms with Crippen molar-refractivity contribution in [3.8, 4) is 0 Å². The minimum Gasteiger partial charge on any atom is -0.0999 e. The Labute approximate surface area is 53.0 Å². The summed E-state index contributed by atoms with van der Waals surface area (Å²) in [6.07, 6.45) is 4.94. The summed E-state index contributed by atoms with van der Waals surface area (Å²) in [5.41, 5.74) is 1.34. The average Bonchev–Trinajstić information content (AvgIpc) is 1.90. The van der Waals surface area contributed by atoms with Crippen LogP contribution in [0.5, 0.6) is 0 Å². The lowest BCUT2D eigenvalue weighted by molar-refractivity contribution is 0.445. The molecule has 0 aromatic heterocycles. The lowest BCUT2D eigenvalue weighted by Crippen LogP contribution is -2.02. The molecule has 8 heavy (non-hydrogen) atoms. The van der Waals surface area contributed by atoms with Gasteiger partial charge in [-0.25, -0.2) is 0 Å². The fourth-order valence-corrected chi connectivity index (χ4v) is 1.13. The molecule has 0 spiro atoms. The van der Waals surface area contributed by atoms with Gasteiger partial charge in [-0.2, -0.15) is 0 Å². The third-order valence-corrected chi connectivity index (χ3v) is 1.92. The van der Waals surface area contributed by atoms with Crippen molar-refractivity contribution in [3.63, 3.8) is 0 Å². The summed E-state index contributed by atoms with van der Waals surface area (Å²) in [7, 11) is 0. The maximum atomic E-state index is 7.00. The fraction of sp³-hybridized carbons (Fsp3) is 0.750. The van der Waals surface area contributed by atoms with Crippen molar-refractivity contribution in [1.82, 2.24) is 0 Å². The van der Waals surface area contributed by atoms with Crippen LogP contribution in [0.2, 0.25) is 0 Å². The molecule has 1 rings (SSSR count). The smallest absolute Gasteiger partial charge is 0.0537 e. The Morgan fingerprint density at radius 2 is 2.25 bits per heavy atom. The molecular formula is C8H14. The van der Waals surface area contributed by atoms with E-state index < -0.39 is 0 Å². The van der Waals surface area contributed by atoms with Gasteiger partial charge in [0.15, 0.2) is 0 Å². The van der Waals surface area contributed by atoms with E-state index in [4.69, 9.17) is 1.37 Å². The molecule has 0 aromatic rings. The van der Waals surface area contributed by atoms with Gasteiger partial charge < -0.3 is 0 Å². The van der Waals surface area contributed by atoms with Crippen LogP contribution >= 0.6 is 0 Å². The first-order valence-electron chi connectivity index (χ1n) is 3.97. The minimum atomic E-state index is 0.897. The van der Waals surface area contributed by atoms with Gasteiger partial charge in [-0.3, -0.25) is 0 Å². The van der Waals surface area contributed by atoms with E-state index in [1.165, 1.54) is 37.8 Å². The summed E-state index contributed by atoms with van der Waals surface area (Å²) >= 11 is 0. The van der Waals surface area contributed by atoms with Gasteiger partial charge in [0, 0.05) is 0 Å². The molecule has 1 aliphatic rings. The van der Waals surface area contributed by atoms with Gasteiger partial charge in [-0.15, -0.1) is 0 Å². The lowest BCUT2D eigenvalue weighted by Gasteiger charge is -2.18. The Balaban J connectivity index is 2.35. The van der Waals surface area contributed by atoms with Gasteiger partial charge in [-0.05, 0) is 31.6 Å². The molecule has 0 nitrogen and oxygen atoms in total. The van der Waals surface area contributed by atoms with Gasteiger partial charge in [0.25, 0.3) is 0 Å². The quantitative estimate of drug-likeness (QED) is 0.422. The maximum absolute atomic E-state index is 7.00. The third kappa shape index (κ3) is 1.36. The highest BCUT2D eigenvalue weighted by molar-refractivity contribution is 4.97. The highest BCUT2D eigenvalue weighted by Gasteiger charge is 2.09. The summed E-state index contributed by atoms with van der Waals surface area (Å²) in [6.45, 7) is 3.83. The van der Waals surface area contributed by atoms with Gasteiger partial charge in [0.05, 0.1) is 1.37 Å². The van der Waals surface area contributed by atoms with E-state index in [1.54, 1.807) is 0 Å². The Kier molecular flexibility index (Phi) is 1.35. The molecule has 0 atom stereocenters. The third-order valence-electron chi connectivity index (χ3n) is 1.92. The predicted octanol–water partition coefficient (Wildman–Crippen LogP) is 2.75. The van der Waals surface area contributed by atoms with Crippen molar-refractivity contribution in [2.24, 2.45) is 5.92 Å². The zero-order valence-electron chi connectivity index (χ0n) is 6.48. The Morgan fingerprint density at radius 1 is 1.62 bits per heavy atom. The van der Waals surface area contributed by atoms with Gasteiger partial charge in [0.1, 0.15) is 0 Å². The molecule has 0 amide bonds. The van der Waals surface area contributed by atoms with Crippen LogP contribution in [-0.2, 0) is 0 Å². The van der Waals surface area contributed by atoms with Crippen molar-refractivity contribution in [3.05, 3.63) is 12.1 Å². The molecule has 0 aromatic carbocycles. The van der Waals surface area contributed by atoms with E-state index in [0.717, 1.165) is 5.92 Å². The Hall–Kier alpha value is -0.260. The first-order chi connectivity index (χ1) is 4.33. The molecule has 0 radical (unpaired) electrons. The zero-order chi connectivity index (χ0) is 6.69. The maximum Gasteiger partial charge on any atom is 0.0537 e. The van der Waals surface area contributed by atoms with Crippen LogP contribution in [0.4, 0.5) is 0 Å². The molecule has 1 saturated carbocycles. The van der Waals surface area contributed by atoms with Crippen molar-refractivity contribution in [2.45, 2.75) is 32.6 Å². The van der Waals surface area contributed by atoms with Crippen LogP contribution in [0, 0.1) is 5.92 Å². The standard InChI is InChI=1S/C8H14/c1-7-3-5-8(2)6-4-7/h8H,1,3-6H2,2H3/i1D. The minimum absolute atomic E-state index is 0.897. The molecule has 0 bridgehead atoms. The number of rotatable bonds is 0. The van der Waals surface area contributed by atoms with Crippen molar-refractivity contribution < 1.29 is 1.37 Å². The van der Waals surface area contributed by atoms with Crippen LogP contribution in [0.15, 0.2) is 12.1 Å². The molecule has 46 valence electrons. The topological polar surface area (TPSA) is 0 Å². The molecule has 0 unspecified atom stereocenters. The molecule has 1 fully saturated rings. The second-order valence-corrected chi connectivity index (χ2v) is 2.84. The second-order valence-electron chi connectivity index (χ2n) is 2.84. The first-order valence-corrected chi connectivity index (χ1v) is 3.39. The van der Waals surface area contributed by atoms with Crippen molar-refractivity contribution in [1.29, 1.82) is 0 Å². The SMILES string of the molecule is [2H]C=C1CCC(C)CC1. The Morgan fingerprint density at radius 3 is 2.75 bits per heavy atom. The molecule has 0 heterocycles. The summed E-state index contributed by atoms with van der Waals surface area (Å²) < 4.78 is 7.00. The lowest BCUT2D eigenvalue weighted by atomic mass is 9.88. The van der Waals surface area contributed by atoms with Crippen molar-refractivity contribution in [2.75, 3.05) is 0 Å². The van der Waals surface area contributed by atoms with Crippen LogP contribution in [0.25, 0.3) is 0 Å². The van der Waals surface area contributed by atoms with Gasteiger partial charge >= 0.3 is 0 Å². The van der Waals surface area contributed by atoms with E-state index in [-0.39, 0.29) is 0 Å². The largest absolute Gasteiger partial charge is 0.0999 e. The molecule has 0 aliphatic heterocycles. The fourth-order valence-electron chi connectivity index (χ4n) is 1.13. The predicted molar refractivity (Wildman–Crippen MR) is 36.8 cm³/mol. The average molecular weight is 111 g/mol. The van der Waals surface area contributed by atoms with Crippen LogP contribution in [-0.4, -0.2) is 0 Å². The molecular weight excluding hydrogens is 96.1 g/mol. The van der Waals surface area contributed by atoms with E-state index >= 15 is 0 Å². The molecule has 0 saturated heterocycles. The monoisotopic (exact) mass is 111 g/mol. The van der Waals surface area contributed by atoms with Crippen molar-refractivity contribution >= 4 is 0 Å². The highest BCUT2D eigenvalue weighted by atomic mass is 14.1. The van der Waals surface area contributed by atoms with Crippen LogP contribution in [0.3, 0.4) is 0 Å². The first kappa shape index (κ1) is 4.60. The van der Waals surface area contributed by atoms with E-state index in [0.29, 0.717) is 0 Å². The summed E-state index contributed by atoms with van der Waals surface area (Å²) in [6, 6.07) is 0. The van der Waals surface area contributed by atoms with Crippen LogP contribution < -0.4 is 0 Å². The second kappa shape index (κ2) is 2.34. The molecule has 0 heteroatoms. The van der Waals surface area contributed by atoms with Gasteiger partial charge in [0.2, 0.25) is 0 Å². The Bertz CT molecular complexity index is 106. The summed E-state index contributed by atoms with van der Waals surface area (Å²) in [5, 5.41) is 0. The number of hydrogen-bond acceptors (Lipinski definition) is 0. The number of hydrogen-bond donors (Lipinski definition) is 0. The van der Waals surface area contributed by atoms with E-state index in [9.17, 15) is 0 Å². The zero-order valence-corrected chi connectivity index (χ0v) is 5.48.